The van der Waals surface area contributed by atoms with Gasteiger partial charge in [-0.05, 0) is 51.9 Å². The quantitative estimate of drug-likeness (QED) is 0.264. The van der Waals surface area contributed by atoms with E-state index >= 15 is 0 Å². The molecule has 0 atom stereocenters. The number of aromatic nitrogens is 1. The largest absolute Gasteiger partial charge is 0.247 e. The highest BCUT2D eigenvalue weighted by Crippen LogP contribution is 2.40. The molecule has 0 aliphatic carbocycles. The van der Waals surface area contributed by atoms with Crippen molar-refractivity contribution in [2.75, 3.05) is 0 Å². The van der Waals surface area contributed by atoms with Gasteiger partial charge >= 0.3 is 0 Å². The molecule has 0 aliphatic rings. The Hall–Kier alpha value is -4.74. The zero-order chi connectivity index (χ0) is 22.9. The predicted octanol–water partition coefficient (Wildman–Crippen LogP) is 8.26. The lowest BCUT2D eigenvalue weighted by Gasteiger charge is -2.15. The van der Waals surface area contributed by atoms with E-state index < -0.39 is 0 Å². The van der Waals surface area contributed by atoms with Gasteiger partial charge in [-0.15, -0.1) is 0 Å². The van der Waals surface area contributed by atoms with Crippen molar-refractivity contribution in [2.24, 2.45) is 0 Å². The minimum atomic E-state index is 0.660. The average Bonchev–Trinajstić information content (AvgIpc) is 2.93. The van der Waals surface area contributed by atoms with Gasteiger partial charge in [0.25, 0.3) is 0 Å². The van der Waals surface area contributed by atoms with E-state index in [-0.39, 0.29) is 0 Å². The maximum atomic E-state index is 9.24. The molecule has 0 spiro atoms. The van der Waals surface area contributed by atoms with Crippen molar-refractivity contribution in [1.82, 2.24) is 4.98 Å². The fraction of sp³-hybridized carbons (Fsp3) is 0. The number of hydrogen-bond acceptors (Lipinski definition) is 2. The molecule has 5 aromatic carbocycles. The van der Waals surface area contributed by atoms with Crippen LogP contribution in [0.2, 0.25) is 0 Å². The van der Waals surface area contributed by atoms with E-state index in [2.05, 4.69) is 91.0 Å². The van der Waals surface area contributed by atoms with Crippen LogP contribution in [-0.4, -0.2) is 4.98 Å². The molecule has 1 heterocycles. The third-order valence-electron chi connectivity index (χ3n) is 6.30. The van der Waals surface area contributed by atoms with E-state index in [1.165, 1.54) is 0 Å². The van der Waals surface area contributed by atoms with Crippen LogP contribution < -0.4 is 0 Å². The van der Waals surface area contributed by atoms with Crippen molar-refractivity contribution in [2.45, 2.75) is 0 Å². The molecule has 2 nitrogen and oxygen atoms in total. The normalized spacial score (nSPS) is 10.9. The number of fused-ring (bicyclic) bond motifs is 3. The van der Waals surface area contributed by atoms with E-state index in [9.17, 15) is 5.26 Å². The first kappa shape index (κ1) is 19.9. The summed E-state index contributed by atoms with van der Waals surface area (Å²) in [5.41, 5.74) is 8.26. The standard InChI is InChI=1S/C32H20N2/c33-21-22-15-17-24(18-16-22)28-19-30-29(23-9-3-1-4-10-23)20-31(25-11-5-2-6-12-25)34-32(30)27-14-8-7-13-26(27)28/h1-20H. The summed E-state index contributed by atoms with van der Waals surface area (Å²) in [6.07, 6.45) is 0. The molecule has 0 radical (unpaired) electrons. The summed E-state index contributed by atoms with van der Waals surface area (Å²) in [7, 11) is 0. The molecule has 2 heteroatoms. The van der Waals surface area contributed by atoms with Gasteiger partial charge in [0.1, 0.15) is 0 Å². The van der Waals surface area contributed by atoms with Gasteiger partial charge in [0.15, 0.2) is 0 Å². The first-order valence-corrected chi connectivity index (χ1v) is 11.3. The summed E-state index contributed by atoms with van der Waals surface area (Å²) in [4.78, 5) is 5.18. The van der Waals surface area contributed by atoms with Crippen molar-refractivity contribution >= 4 is 21.7 Å². The zero-order valence-electron chi connectivity index (χ0n) is 18.4. The average molecular weight is 433 g/mol. The second-order valence-corrected chi connectivity index (χ2v) is 8.34. The monoisotopic (exact) mass is 432 g/mol. The van der Waals surface area contributed by atoms with Gasteiger partial charge in [-0.2, -0.15) is 5.26 Å². The molecule has 34 heavy (non-hydrogen) atoms. The van der Waals surface area contributed by atoms with Crippen molar-refractivity contribution < 1.29 is 0 Å². The number of nitrogens with zero attached hydrogens (tertiary/aromatic N) is 2. The third-order valence-corrected chi connectivity index (χ3v) is 6.30. The molecule has 6 aromatic rings. The SMILES string of the molecule is N#Cc1ccc(-c2cc3c(-c4ccccc4)cc(-c4ccccc4)nc3c3ccccc23)cc1. The molecule has 1 aromatic heterocycles. The molecule has 158 valence electrons. The second-order valence-electron chi connectivity index (χ2n) is 8.34. The van der Waals surface area contributed by atoms with Gasteiger partial charge in [-0.25, -0.2) is 4.98 Å². The number of pyridine rings is 1. The Morgan fingerprint density at radius 1 is 0.500 bits per heavy atom. The van der Waals surface area contributed by atoms with Gasteiger partial charge in [0.05, 0.1) is 22.8 Å². The lowest BCUT2D eigenvalue weighted by molar-refractivity contribution is 1.41. The van der Waals surface area contributed by atoms with Gasteiger partial charge < -0.3 is 0 Å². The fourth-order valence-corrected chi connectivity index (χ4v) is 4.63. The summed E-state index contributed by atoms with van der Waals surface area (Å²) >= 11 is 0. The van der Waals surface area contributed by atoms with Crippen LogP contribution in [0.25, 0.3) is 55.2 Å². The van der Waals surface area contributed by atoms with Crippen molar-refractivity contribution in [1.29, 1.82) is 5.26 Å². The maximum Gasteiger partial charge on any atom is 0.0991 e. The summed E-state index contributed by atoms with van der Waals surface area (Å²) in [6, 6.07) is 43.8. The molecule has 0 N–H and O–H groups in total. The number of hydrogen-bond donors (Lipinski definition) is 0. The lowest BCUT2D eigenvalue weighted by atomic mass is 9.91. The highest BCUT2D eigenvalue weighted by atomic mass is 14.7. The summed E-state index contributed by atoms with van der Waals surface area (Å²) in [5, 5.41) is 12.6. The highest BCUT2D eigenvalue weighted by molar-refractivity contribution is 6.16. The van der Waals surface area contributed by atoms with Crippen LogP contribution in [0, 0.1) is 11.3 Å². The molecular weight excluding hydrogens is 412 g/mol. The van der Waals surface area contributed by atoms with Gasteiger partial charge in [-0.1, -0.05) is 97.1 Å². The minimum absolute atomic E-state index is 0.660. The highest BCUT2D eigenvalue weighted by Gasteiger charge is 2.15. The van der Waals surface area contributed by atoms with Gasteiger partial charge in [0.2, 0.25) is 0 Å². The van der Waals surface area contributed by atoms with Crippen LogP contribution in [0.4, 0.5) is 0 Å². The van der Waals surface area contributed by atoms with Crippen molar-refractivity contribution in [3.63, 3.8) is 0 Å². The van der Waals surface area contributed by atoms with Crippen molar-refractivity contribution in [3.8, 4) is 39.6 Å². The third kappa shape index (κ3) is 3.41. The molecule has 0 bridgehead atoms. The Balaban J connectivity index is 1.73. The second kappa shape index (κ2) is 8.31. The molecule has 0 saturated carbocycles. The van der Waals surface area contributed by atoms with Crippen LogP contribution in [0.3, 0.4) is 0 Å². The molecule has 0 amide bonds. The molecule has 6 rings (SSSR count). The van der Waals surface area contributed by atoms with Crippen LogP contribution in [-0.2, 0) is 0 Å². The van der Waals surface area contributed by atoms with Gasteiger partial charge in [-0.3, -0.25) is 0 Å². The van der Waals surface area contributed by atoms with Crippen LogP contribution in [0.15, 0.2) is 121 Å². The van der Waals surface area contributed by atoms with E-state index in [0.717, 1.165) is 55.2 Å². The Labute approximate surface area is 198 Å². The first-order valence-electron chi connectivity index (χ1n) is 11.3. The van der Waals surface area contributed by atoms with Crippen LogP contribution in [0.5, 0.6) is 0 Å². The van der Waals surface area contributed by atoms with Crippen LogP contribution >= 0.6 is 0 Å². The Morgan fingerprint density at radius 3 is 1.74 bits per heavy atom. The predicted molar refractivity (Wildman–Crippen MR) is 140 cm³/mol. The molecule has 0 unspecified atom stereocenters. The van der Waals surface area contributed by atoms with E-state index in [0.29, 0.717) is 5.56 Å². The number of nitriles is 1. The topological polar surface area (TPSA) is 36.7 Å². The fourth-order valence-electron chi connectivity index (χ4n) is 4.63. The summed E-state index contributed by atoms with van der Waals surface area (Å²) in [6.45, 7) is 0. The molecule has 0 saturated heterocycles. The smallest absolute Gasteiger partial charge is 0.0991 e. The Morgan fingerprint density at radius 2 is 1.06 bits per heavy atom. The molecule has 0 fully saturated rings. The van der Waals surface area contributed by atoms with Crippen molar-refractivity contribution in [3.05, 3.63) is 127 Å². The maximum absolute atomic E-state index is 9.24. The molecular formula is C32H20N2. The van der Waals surface area contributed by atoms with Gasteiger partial charge in [0, 0.05) is 16.3 Å². The molecule has 0 aliphatic heterocycles. The summed E-state index contributed by atoms with van der Waals surface area (Å²) in [5.74, 6) is 0. The first-order chi connectivity index (χ1) is 16.8. The van der Waals surface area contributed by atoms with E-state index in [1.54, 1.807) is 0 Å². The lowest BCUT2D eigenvalue weighted by Crippen LogP contribution is -1.93. The minimum Gasteiger partial charge on any atom is -0.247 e. The number of benzene rings is 5. The van der Waals surface area contributed by atoms with E-state index in [4.69, 9.17) is 4.98 Å². The zero-order valence-corrected chi connectivity index (χ0v) is 18.4. The Kier molecular flexibility index (Phi) is 4.87. The summed E-state index contributed by atoms with van der Waals surface area (Å²) < 4.78 is 0. The van der Waals surface area contributed by atoms with Crippen LogP contribution in [0.1, 0.15) is 5.56 Å². The Bertz CT molecular complexity index is 1680. The van der Waals surface area contributed by atoms with E-state index in [1.807, 2.05) is 36.4 Å². The number of rotatable bonds is 3.